The standard InChI is InChI=1S/C10H9N5O3/c1-18-10(17)9(16)12-7-3-2-4-8(5-7)15-6-11-13-14-15/h2-6H,1H3,(H,12,16). The molecule has 1 amide bonds. The number of tetrazole rings is 1. The van der Waals surface area contributed by atoms with Gasteiger partial charge in [-0.15, -0.1) is 5.10 Å². The quantitative estimate of drug-likeness (QED) is 0.581. The van der Waals surface area contributed by atoms with Crippen molar-refractivity contribution in [3.05, 3.63) is 30.6 Å². The molecule has 1 heterocycles. The summed E-state index contributed by atoms with van der Waals surface area (Å²) in [6, 6.07) is 6.71. The second-order valence-electron chi connectivity index (χ2n) is 3.25. The zero-order valence-corrected chi connectivity index (χ0v) is 9.40. The van der Waals surface area contributed by atoms with E-state index in [1.807, 2.05) is 0 Å². The molecule has 0 atom stereocenters. The van der Waals surface area contributed by atoms with E-state index in [4.69, 9.17) is 0 Å². The van der Waals surface area contributed by atoms with Gasteiger partial charge >= 0.3 is 11.9 Å². The van der Waals surface area contributed by atoms with Gasteiger partial charge in [-0.1, -0.05) is 6.07 Å². The minimum absolute atomic E-state index is 0.443. The highest BCUT2D eigenvalue weighted by Gasteiger charge is 2.13. The maximum absolute atomic E-state index is 11.3. The number of carbonyl (C=O) groups excluding carboxylic acids is 2. The summed E-state index contributed by atoms with van der Waals surface area (Å²) in [6.45, 7) is 0. The first-order chi connectivity index (χ1) is 8.70. The highest BCUT2D eigenvalue weighted by molar-refractivity contribution is 6.37. The second-order valence-corrected chi connectivity index (χ2v) is 3.25. The normalized spacial score (nSPS) is 9.83. The lowest BCUT2D eigenvalue weighted by Crippen LogP contribution is -2.23. The van der Waals surface area contributed by atoms with Gasteiger partial charge in [-0.3, -0.25) is 4.79 Å². The summed E-state index contributed by atoms with van der Waals surface area (Å²) in [5.74, 6) is -1.80. The fourth-order valence-electron chi connectivity index (χ4n) is 1.28. The molecule has 92 valence electrons. The third kappa shape index (κ3) is 2.48. The Bertz CT molecular complexity index is 567. The van der Waals surface area contributed by atoms with Gasteiger partial charge < -0.3 is 10.1 Å². The minimum atomic E-state index is -0.956. The molecule has 8 nitrogen and oxygen atoms in total. The largest absolute Gasteiger partial charge is 0.462 e. The van der Waals surface area contributed by atoms with Gasteiger partial charge in [0.2, 0.25) is 0 Å². The first-order valence-corrected chi connectivity index (χ1v) is 4.93. The molecule has 1 N–H and O–H groups in total. The number of rotatable bonds is 2. The van der Waals surface area contributed by atoms with Crippen LogP contribution in [0.1, 0.15) is 0 Å². The number of anilines is 1. The number of carbonyl (C=O) groups is 2. The van der Waals surface area contributed by atoms with Crippen molar-refractivity contribution in [3.8, 4) is 5.69 Å². The number of nitrogens with one attached hydrogen (secondary N) is 1. The summed E-state index contributed by atoms with van der Waals surface area (Å²) in [5, 5.41) is 13.1. The molecular weight excluding hydrogens is 238 g/mol. The molecule has 8 heteroatoms. The summed E-state index contributed by atoms with van der Waals surface area (Å²) in [7, 11) is 1.14. The third-order valence-electron chi connectivity index (χ3n) is 2.09. The Kier molecular flexibility index (Phi) is 3.28. The molecule has 2 aromatic rings. The van der Waals surface area contributed by atoms with Gasteiger partial charge in [0.05, 0.1) is 12.8 Å². The van der Waals surface area contributed by atoms with Crippen molar-refractivity contribution in [2.24, 2.45) is 0 Å². The second kappa shape index (κ2) is 5.04. The number of aromatic nitrogens is 4. The molecule has 0 aliphatic heterocycles. The van der Waals surface area contributed by atoms with Crippen LogP contribution in [0.15, 0.2) is 30.6 Å². The van der Waals surface area contributed by atoms with Gasteiger partial charge in [-0.25, -0.2) is 9.48 Å². The lowest BCUT2D eigenvalue weighted by molar-refractivity contribution is -0.150. The molecular formula is C10H9N5O3. The zero-order chi connectivity index (χ0) is 13.0. The Morgan fingerprint density at radius 2 is 2.22 bits per heavy atom. The Labute approximate surface area is 102 Å². The summed E-state index contributed by atoms with van der Waals surface area (Å²) < 4.78 is 5.72. The van der Waals surface area contributed by atoms with Gasteiger partial charge in [0.15, 0.2) is 0 Å². The Hall–Kier alpha value is -2.77. The molecule has 0 radical (unpaired) electrons. The molecule has 0 unspecified atom stereocenters. The van der Waals surface area contributed by atoms with Gasteiger partial charge in [0, 0.05) is 5.69 Å². The molecule has 1 aromatic heterocycles. The lowest BCUT2D eigenvalue weighted by atomic mass is 10.3. The molecule has 0 aliphatic rings. The molecule has 0 saturated heterocycles. The first kappa shape index (κ1) is 11.7. The molecule has 2 rings (SSSR count). The Balaban J connectivity index is 2.18. The van der Waals surface area contributed by atoms with E-state index in [1.165, 1.54) is 11.0 Å². The van der Waals surface area contributed by atoms with Crippen LogP contribution >= 0.6 is 0 Å². The van der Waals surface area contributed by atoms with Crippen LogP contribution in [0.5, 0.6) is 0 Å². The highest BCUT2D eigenvalue weighted by atomic mass is 16.5. The van der Waals surface area contributed by atoms with E-state index >= 15 is 0 Å². The van der Waals surface area contributed by atoms with Crippen molar-refractivity contribution >= 4 is 17.6 Å². The van der Waals surface area contributed by atoms with Crippen molar-refractivity contribution in [1.82, 2.24) is 20.2 Å². The minimum Gasteiger partial charge on any atom is -0.462 e. The van der Waals surface area contributed by atoms with E-state index in [0.29, 0.717) is 11.4 Å². The van der Waals surface area contributed by atoms with Gasteiger partial charge in [-0.05, 0) is 28.6 Å². The van der Waals surface area contributed by atoms with E-state index in [9.17, 15) is 9.59 Å². The number of hydrogen-bond acceptors (Lipinski definition) is 6. The maximum Gasteiger partial charge on any atom is 0.396 e. The average Bonchev–Trinajstić information content (AvgIpc) is 2.92. The van der Waals surface area contributed by atoms with Crippen LogP contribution in [-0.4, -0.2) is 39.2 Å². The Morgan fingerprint density at radius 1 is 1.39 bits per heavy atom. The monoisotopic (exact) mass is 247 g/mol. The number of ether oxygens (including phenoxy) is 1. The van der Waals surface area contributed by atoms with Crippen LogP contribution in [0.25, 0.3) is 5.69 Å². The maximum atomic E-state index is 11.3. The van der Waals surface area contributed by atoms with Crippen LogP contribution < -0.4 is 5.32 Å². The fraction of sp³-hybridized carbons (Fsp3) is 0.100. The van der Waals surface area contributed by atoms with Crippen LogP contribution in [0.4, 0.5) is 5.69 Å². The predicted octanol–water partition coefficient (Wildman–Crippen LogP) is -0.226. The molecule has 1 aromatic carbocycles. The summed E-state index contributed by atoms with van der Waals surface area (Å²) in [5.41, 5.74) is 1.10. The number of hydrogen-bond donors (Lipinski definition) is 1. The van der Waals surface area contributed by atoms with E-state index in [1.54, 1.807) is 24.3 Å². The molecule has 0 saturated carbocycles. The van der Waals surface area contributed by atoms with Gasteiger partial charge in [0.1, 0.15) is 6.33 Å². The van der Waals surface area contributed by atoms with Gasteiger partial charge in [0.25, 0.3) is 0 Å². The number of benzene rings is 1. The number of methoxy groups -OCH3 is 1. The fourth-order valence-corrected chi connectivity index (χ4v) is 1.28. The summed E-state index contributed by atoms with van der Waals surface area (Å²) >= 11 is 0. The van der Waals surface area contributed by atoms with E-state index in [2.05, 4.69) is 25.6 Å². The molecule has 0 bridgehead atoms. The molecule has 0 aliphatic carbocycles. The van der Waals surface area contributed by atoms with Crippen LogP contribution in [0.2, 0.25) is 0 Å². The molecule has 18 heavy (non-hydrogen) atoms. The lowest BCUT2D eigenvalue weighted by Gasteiger charge is -2.05. The van der Waals surface area contributed by atoms with Crippen molar-refractivity contribution in [1.29, 1.82) is 0 Å². The summed E-state index contributed by atoms with van der Waals surface area (Å²) in [4.78, 5) is 22.3. The summed E-state index contributed by atoms with van der Waals surface area (Å²) in [6.07, 6.45) is 1.42. The SMILES string of the molecule is COC(=O)C(=O)Nc1cccc(-n2cnnn2)c1. The van der Waals surface area contributed by atoms with Crippen molar-refractivity contribution < 1.29 is 14.3 Å². The van der Waals surface area contributed by atoms with Crippen LogP contribution in [0.3, 0.4) is 0 Å². The molecule has 0 fully saturated rings. The van der Waals surface area contributed by atoms with E-state index in [0.717, 1.165) is 7.11 Å². The number of nitrogens with zero attached hydrogens (tertiary/aromatic N) is 4. The van der Waals surface area contributed by atoms with Crippen LogP contribution in [0, 0.1) is 0 Å². The Morgan fingerprint density at radius 3 is 2.89 bits per heavy atom. The number of amides is 1. The highest BCUT2D eigenvalue weighted by Crippen LogP contribution is 2.13. The smallest absolute Gasteiger partial charge is 0.396 e. The van der Waals surface area contributed by atoms with E-state index < -0.39 is 11.9 Å². The molecule has 0 spiro atoms. The van der Waals surface area contributed by atoms with Crippen molar-refractivity contribution in [2.45, 2.75) is 0 Å². The number of esters is 1. The average molecular weight is 247 g/mol. The zero-order valence-electron chi connectivity index (χ0n) is 9.40. The third-order valence-corrected chi connectivity index (χ3v) is 2.09. The van der Waals surface area contributed by atoms with E-state index in [-0.39, 0.29) is 0 Å². The predicted molar refractivity (Wildman–Crippen MR) is 59.8 cm³/mol. The van der Waals surface area contributed by atoms with Crippen molar-refractivity contribution in [3.63, 3.8) is 0 Å². The van der Waals surface area contributed by atoms with Crippen molar-refractivity contribution in [2.75, 3.05) is 12.4 Å². The van der Waals surface area contributed by atoms with Crippen LogP contribution in [-0.2, 0) is 14.3 Å². The topological polar surface area (TPSA) is 99.0 Å². The first-order valence-electron chi connectivity index (χ1n) is 4.93. The van der Waals surface area contributed by atoms with Gasteiger partial charge in [-0.2, -0.15) is 0 Å².